The van der Waals surface area contributed by atoms with Crippen LogP contribution in [-0.2, 0) is 9.84 Å². The van der Waals surface area contributed by atoms with Crippen molar-refractivity contribution < 1.29 is 13.5 Å². The lowest BCUT2D eigenvalue weighted by Crippen LogP contribution is -2.33. The van der Waals surface area contributed by atoms with E-state index in [1.54, 1.807) is 6.07 Å². The van der Waals surface area contributed by atoms with Crippen molar-refractivity contribution in [1.29, 1.82) is 0 Å². The molecule has 0 amide bonds. The minimum atomic E-state index is -3.28. The van der Waals surface area contributed by atoms with Crippen LogP contribution in [0.1, 0.15) is 12.8 Å². The van der Waals surface area contributed by atoms with Crippen LogP contribution >= 0.6 is 0 Å². The van der Waals surface area contributed by atoms with Crippen LogP contribution in [0.2, 0.25) is 0 Å². The number of nitrogens with one attached hydrogen (secondary N) is 1. The molecule has 1 heterocycles. The third-order valence-electron chi connectivity index (χ3n) is 3.03. The Hall–Kier alpha value is -1.07. The monoisotopic (exact) mass is 255 g/mol. The fourth-order valence-electron chi connectivity index (χ4n) is 2.15. The van der Waals surface area contributed by atoms with Crippen molar-refractivity contribution in [1.82, 2.24) is 5.32 Å². The van der Waals surface area contributed by atoms with Crippen molar-refractivity contribution >= 4 is 9.84 Å². The minimum Gasteiger partial charge on any atom is -0.508 e. The van der Waals surface area contributed by atoms with E-state index in [1.165, 1.54) is 18.2 Å². The first-order valence-corrected chi connectivity index (χ1v) is 7.46. The molecule has 17 heavy (non-hydrogen) atoms. The van der Waals surface area contributed by atoms with Crippen LogP contribution < -0.4 is 5.32 Å². The normalized spacial score (nSPS) is 21.3. The molecule has 2 rings (SSSR count). The number of phenolic OH excluding ortho intramolecular Hbond substituents is 1. The zero-order valence-corrected chi connectivity index (χ0v) is 10.4. The lowest BCUT2D eigenvalue weighted by molar-refractivity contribution is 0.404. The van der Waals surface area contributed by atoms with Crippen molar-refractivity contribution in [3.63, 3.8) is 0 Å². The molecule has 0 bridgehead atoms. The topological polar surface area (TPSA) is 66.4 Å². The average molecular weight is 255 g/mol. The van der Waals surface area contributed by atoms with Gasteiger partial charge in [-0.15, -0.1) is 0 Å². The molecular formula is C12H17NO3S. The van der Waals surface area contributed by atoms with Crippen molar-refractivity contribution in [3.05, 3.63) is 24.3 Å². The van der Waals surface area contributed by atoms with E-state index in [4.69, 9.17) is 0 Å². The van der Waals surface area contributed by atoms with E-state index in [0.29, 0.717) is 0 Å². The smallest absolute Gasteiger partial charge is 0.178 e. The van der Waals surface area contributed by atoms with Gasteiger partial charge in [0, 0.05) is 0 Å². The highest BCUT2D eigenvalue weighted by Gasteiger charge is 2.22. The van der Waals surface area contributed by atoms with Crippen LogP contribution in [0.5, 0.6) is 5.75 Å². The van der Waals surface area contributed by atoms with Gasteiger partial charge in [0.1, 0.15) is 5.75 Å². The predicted octanol–water partition coefficient (Wildman–Crippen LogP) is 1.17. The van der Waals surface area contributed by atoms with Gasteiger partial charge in [0.15, 0.2) is 9.84 Å². The molecular weight excluding hydrogens is 238 g/mol. The Morgan fingerprint density at radius 1 is 1.41 bits per heavy atom. The summed E-state index contributed by atoms with van der Waals surface area (Å²) in [5.41, 5.74) is 0. The largest absolute Gasteiger partial charge is 0.508 e. The van der Waals surface area contributed by atoms with Gasteiger partial charge in [0.05, 0.1) is 10.6 Å². The quantitative estimate of drug-likeness (QED) is 0.850. The van der Waals surface area contributed by atoms with Crippen LogP contribution in [-0.4, -0.2) is 32.4 Å². The molecule has 0 aromatic heterocycles. The van der Waals surface area contributed by atoms with Gasteiger partial charge < -0.3 is 10.4 Å². The summed E-state index contributed by atoms with van der Waals surface area (Å²) in [5, 5.41) is 12.5. The lowest BCUT2D eigenvalue weighted by Gasteiger charge is -2.22. The highest BCUT2D eigenvalue weighted by Crippen LogP contribution is 2.21. The van der Waals surface area contributed by atoms with E-state index in [9.17, 15) is 13.5 Å². The van der Waals surface area contributed by atoms with Gasteiger partial charge in [0.25, 0.3) is 0 Å². The maximum absolute atomic E-state index is 12.1. The van der Waals surface area contributed by atoms with Gasteiger partial charge in [-0.25, -0.2) is 8.42 Å². The molecule has 2 N–H and O–H groups in total. The molecule has 1 aromatic rings. The first-order chi connectivity index (χ1) is 8.08. The minimum absolute atomic E-state index is 0.00663. The summed E-state index contributed by atoms with van der Waals surface area (Å²) < 4.78 is 24.2. The SMILES string of the molecule is O=S(=O)(CC1CCCNC1)c1cccc(O)c1. The number of benzene rings is 1. The number of sulfone groups is 1. The number of piperidine rings is 1. The van der Waals surface area contributed by atoms with Crippen molar-refractivity contribution in [3.8, 4) is 5.75 Å². The zero-order chi connectivity index (χ0) is 12.3. The van der Waals surface area contributed by atoms with Crippen LogP contribution in [0.4, 0.5) is 0 Å². The van der Waals surface area contributed by atoms with E-state index >= 15 is 0 Å². The van der Waals surface area contributed by atoms with Crippen molar-refractivity contribution in [2.75, 3.05) is 18.8 Å². The average Bonchev–Trinajstić information content (AvgIpc) is 2.30. The molecule has 5 heteroatoms. The summed E-state index contributed by atoms with van der Waals surface area (Å²) in [4.78, 5) is 0.211. The summed E-state index contributed by atoms with van der Waals surface area (Å²) in [6.45, 7) is 1.74. The summed E-state index contributed by atoms with van der Waals surface area (Å²) in [6.07, 6.45) is 1.98. The summed E-state index contributed by atoms with van der Waals surface area (Å²) in [7, 11) is -3.28. The Kier molecular flexibility index (Phi) is 3.69. The second kappa shape index (κ2) is 5.06. The molecule has 0 aliphatic carbocycles. The molecule has 1 aromatic carbocycles. The van der Waals surface area contributed by atoms with Crippen LogP contribution in [0.25, 0.3) is 0 Å². The fraction of sp³-hybridized carbons (Fsp3) is 0.500. The Bertz CT molecular complexity index is 478. The van der Waals surface area contributed by atoms with E-state index in [1.807, 2.05) is 0 Å². The zero-order valence-electron chi connectivity index (χ0n) is 9.59. The Balaban J connectivity index is 2.13. The van der Waals surface area contributed by atoms with E-state index in [0.717, 1.165) is 25.9 Å². The first-order valence-electron chi connectivity index (χ1n) is 5.80. The highest BCUT2D eigenvalue weighted by atomic mass is 32.2. The second-order valence-electron chi connectivity index (χ2n) is 4.49. The fourth-order valence-corrected chi connectivity index (χ4v) is 3.83. The molecule has 1 unspecified atom stereocenters. The van der Waals surface area contributed by atoms with Gasteiger partial charge in [0.2, 0.25) is 0 Å². The van der Waals surface area contributed by atoms with Crippen LogP contribution in [0.15, 0.2) is 29.2 Å². The number of hydrogen-bond acceptors (Lipinski definition) is 4. The Labute approximate surface area is 102 Å². The van der Waals surface area contributed by atoms with Gasteiger partial charge in [-0.1, -0.05) is 6.07 Å². The molecule has 1 aliphatic heterocycles. The van der Waals surface area contributed by atoms with E-state index < -0.39 is 9.84 Å². The van der Waals surface area contributed by atoms with Gasteiger partial charge in [-0.05, 0) is 50.0 Å². The Morgan fingerprint density at radius 3 is 2.88 bits per heavy atom. The molecule has 1 aliphatic rings. The van der Waals surface area contributed by atoms with Crippen molar-refractivity contribution in [2.24, 2.45) is 5.92 Å². The van der Waals surface area contributed by atoms with Crippen LogP contribution in [0.3, 0.4) is 0 Å². The number of aromatic hydroxyl groups is 1. The maximum Gasteiger partial charge on any atom is 0.178 e. The van der Waals surface area contributed by atoms with Gasteiger partial charge in [-0.3, -0.25) is 0 Å². The molecule has 94 valence electrons. The maximum atomic E-state index is 12.1. The Morgan fingerprint density at radius 2 is 2.24 bits per heavy atom. The predicted molar refractivity (Wildman–Crippen MR) is 65.8 cm³/mol. The van der Waals surface area contributed by atoms with Crippen molar-refractivity contribution in [2.45, 2.75) is 17.7 Å². The molecule has 0 spiro atoms. The third kappa shape index (κ3) is 3.20. The number of phenols is 1. The third-order valence-corrected chi connectivity index (χ3v) is 4.91. The highest BCUT2D eigenvalue weighted by molar-refractivity contribution is 7.91. The molecule has 1 saturated heterocycles. The van der Waals surface area contributed by atoms with Gasteiger partial charge in [-0.2, -0.15) is 0 Å². The summed E-state index contributed by atoms with van der Waals surface area (Å²) in [5.74, 6) is 0.327. The standard InChI is InChI=1S/C12H17NO3S/c14-11-4-1-5-12(7-11)17(15,16)9-10-3-2-6-13-8-10/h1,4-5,7,10,13-14H,2-3,6,8-9H2. The molecule has 1 atom stereocenters. The molecule has 0 radical (unpaired) electrons. The number of rotatable bonds is 3. The molecule has 0 saturated carbocycles. The molecule has 4 nitrogen and oxygen atoms in total. The molecule has 1 fully saturated rings. The lowest BCUT2D eigenvalue weighted by atomic mass is 10.0. The number of hydrogen-bond donors (Lipinski definition) is 2. The van der Waals surface area contributed by atoms with E-state index in [2.05, 4.69) is 5.32 Å². The first kappa shape index (κ1) is 12.4. The summed E-state index contributed by atoms with van der Waals surface area (Å²) >= 11 is 0. The van der Waals surface area contributed by atoms with Crippen LogP contribution in [0, 0.1) is 5.92 Å². The van der Waals surface area contributed by atoms with E-state index in [-0.39, 0.29) is 22.3 Å². The second-order valence-corrected chi connectivity index (χ2v) is 6.53. The van der Waals surface area contributed by atoms with Gasteiger partial charge >= 0.3 is 0 Å². The summed E-state index contributed by atoms with van der Waals surface area (Å²) in [6, 6.07) is 5.87.